The summed E-state index contributed by atoms with van der Waals surface area (Å²) in [4.78, 5) is 11.8. The van der Waals surface area contributed by atoms with Crippen LogP contribution in [0.2, 0.25) is 0 Å². The van der Waals surface area contributed by atoms with Crippen LogP contribution in [0.1, 0.15) is 52.0 Å². The van der Waals surface area contributed by atoms with Crippen LogP contribution >= 0.6 is 0 Å². The van der Waals surface area contributed by atoms with E-state index in [4.69, 9.17) is 4.74 Å². The number of aromatic nitrogens is 2. The van der Waals surface area contributed by atoms with E-state index in [1.54, 1.807) is 6.20 Å². The predicted molar refractivity (Wildman–Crippen MR) is 84.5 cm³/mol. The zero-order chi connectivity index (χ0) is 15.7. The van der Waals surface area contributed by atoms with Crippen molar-refractivity contribution >= 4 is 11.9 Å². The minimum absolute atomic E-state index is 0.460. The van der Waals surface area contributed by atoms with Crippen molar-refractivity contribution in [2.75, 3.05) is 5.32 Å². The van der Waals surface area contributed by atoms with Crippen molar-refractivity contribution in [3.63, 3.8) is 0 Å². The van der Waals surface area contributed by atoms with E-state index >= 15 is 0 Å². The Hall–Kier alpha value is -1.56. The molecule has 6 nitrogen and oxygen atoms in total. The van der Waals surface area contributed by atoms with Gasteiger partial charge in [0.15, 0.2) is 0 Å². The first-order chi connectivity index (χ1) is 10.4. The average Bonchev–Trinajstić information content (AvgIpc) is 3.09. The summed E-state index contributed by atoms with van der Waals surface area (Å²) in [7, 11) is 0. The molecule has 2 fully saturated rings. The number of nitrogens with one attached hydrogen (secondary N) is 3. The van der Waals surface area contributed by atoms with Gasteiger partial charge in [0.25, 0.3) is 0 Å². The molecule has 1 aromatic rings. The highest BCUT2D eigenvalue weighted by Crippen LogP contribution is 2.44. The Balaban J connectivity index is 1.52. The number of rotatable bonds is 4. The molecule has 22 heavy (non-hydrogen) atoms. The van der Waals surface area contributed by atoms with Crippen LogP contribution in [0.15, 0.2) is 6.20 Å². The number of hydrogen-bond acceptors (Lipinski definition) is 4. The Labute approximate surface area is 131 Å². The minimum Gasteiger partial charge on any atom is -0.444 e. The van der Waals surface area contributed by atoms with Crippen molar-refractivity contribution in [3.8, 4) is 0 Å². The standard InChI is InChI=1S/C16H26N4O2/c1-16(2,3)22-15(21)19-14-12(9-18-20-14)8-17-13-7-10-4-5-11(13)6-10/h9-11,13,17H,4-8H2,1-3H3,(H2,18,19,20,21). The van der Waals surface area contributed by atoms with Crippen molar-refractivity contribution in [1.29, 1.82) is 0 Å². The first-order valence-electron chi connectivity index (χ1n) is 8.16. The number of carbonyl (C=O) groups is 1. The predicted octanol–water partition coefficient (Wildman–Crippen LogP) is 3.03. The van der Waals surface area contributed by atoms with Crippen LogP contribution in [0, 0.1) is 11.8 Å². The van der Waals surface area contributed by atoms with E-state index in [9.17, 15) is 4.79 Å². The molecule has 2 aliphatic rings. The lowest BCUT2D eigenvalue weighted by atomic mass is 9.95. The molecule has 0 spiro atoms. The average molecular weight is 306 g/mol. The van der Waals surface area contributed by atoms with E-state index in [0.29, 0.717) is 11.9 Å². The number of aromatic amines is 1. The van der Waals surface area contributed by atoms with Crippen molar-refractivity contribution in [2.24, 2.45) is 11.8 Å². The number of fused-ring (bicyclic) bond motifs is 2. The molecule has 3 unspecified atom stereocenters. The van der Waals surface area contributed by atoms with Crippen molar-refractivity contribution in [1.82, 2.24) is 15.5 Å². The van der Waals surface area contributed by atoms with E-state index in [2.05, 4.69) is 20.8 Å². The summed E-state index contributed by atoms with van der Waals surface area (Å²) < 4.78 is 5.27. The van der Waals surface area contributed by atoms with Gasteiger partial charge in [-0.1, -0.05) is 6.42 Å². The monoisotopic (exact) mass is 306 g/mol. The number of ether oxygens (including phenoxy) is 1. The second kappa shape index (κ2) is 5.91. The van der Waals surface area contributed by atoms with Crippen molar-refractivity contribution < 1.29 is 9.53 Å². The second-order valence-electron chi connectivity index (χ2n) is 7.56. The second-order valence-corrected chi connectivity index (χ2v) is 7.56. The Morgan fingerprint density at radius 1 is 1.41 bits per heavy atom. The molecular weight excluding hydrogens is 280 g/mol. The highest BCUT2D eigenvalue weighted by atomic mass is 16.6. The van der Waals surface area contributed by atoms with E-state index in [-0.39, 0.29) is 0 Å². The van der Waals surface area contributed by atoms with Crippen LogP contribution in [0.3, 0.4) is 0 Å². The van der Waals surface area contributed by atoms with Gasteiger partial charge in [-0.25, -0.2) is 4.79 Å². The molecule has 2 aliphatic carbocycles. The normalized spacial score (nSPS) is 27.1. The highest BCUT2D eigenvalue weighted by Gasteiger charge is 2.39. The Morgan fingerprint density at radius 3 is 2.86 bits per heavy atom. The van der Waals surface area contributed by atoms with Crippen molar-refractivity contribution in [2.45, 2.75) is 64.6 Å². The zero-order valence-electron chi connectivity index (χ0n) is 13.6. The lowest BCUT2D eigenvalue weighted by molar-refractivity contribution is 0.0635. The Morgan fingerprint density at radius 2 is 2.23 bits per heavy atom. The number of carbonyl (C=O) groups excluding carboxylic acids is 1. The molecule has 3 atom stereocenters. The van der Waals surface area contributed by atoms with Gasteiger partial charge < -0.3 is 10.1 Å². The molecule has 2 bridgehead atoms. The van der Waals surface area contributed by atoms with Crippen molar-refractivity contribution in [3.05, 3.63) is 11.8 Å². The summed E-state index contributed by atoms with van der Waals surface area (Å²) in [6.45, 7) is 6.25. The van der Waals surface area contributed by atoms with Gasteiger partial charge >= 0.3 is 6.09 Å². The van der Waals surface area contributed by atoms with E-state index in [1.807, 2.05) is 20.8 Å². The molecule has 0 radical (unpaired) electrons. The van der Waals surface area contributed by atoms with Gasteiger partial charge in [0.05, 0.1) is 6.20 Å². The Bertz CT molecular complexity index is 534. The van der Waals surface area contributed by atoms with Gasteiger partial charge in [-0.05, 0) is 51.9 Å². The molecule has 6 heteroatoms. The largest absolute Gasteiger partial charge is 0.444 e. The van der Waals surface area contributed by atoms with Crippen LogP contribution in [-0.4, -0.2) is 27.9 Å². The fourth-order valence-electron chi connectivity index (χ4n) is 3.69. The molecular formula is C16H26N4O2. The van der Waals surface area contributed by atoms with Gasteiger partial charge in [0.2, 0.25) is 0 Å². The number of anilines is 1. The number of hydrogen-bond donors (Lipinski definition) is 3. The van der Waals surface area contributed by atoms with Crippen LogP contribution < -0.4 is 10.6 Å². The minimum atomic E-state index is -0.508. The van der Waals surface area contributed by atoms with Gasteiger partial charge in [0, 0.05) is 18.2 Å². The Kier molecular flexibility index (Phi) is 4.12. The third-order valence-corrected chi connectivity index (χ3v) is 4.64. The number of amides is 1. The maximum atomic E-state index is 11.8. The molecule has 1 heterocycles. The summed E-state index contributed by atoms with van der Waals surface area (Å²) in [5, 5.41) is 13.2. The van der Waals surface area contributed by atoms with Gasteiger partial charge in [-0.3, -0.25) is 10.4 Å². The smallest absolute Gasteiger partial charge is 0.413 e. The number of H-pyrrole nitrogens is 1. The maximum Gasteiger partial charge on any atom is 0.413 e. The van der Waals surface area contributed by atoms with E-state index < -0.39 is 11.7 Å². The molecule has 2 saturated carbocycles. The molecule has 0 aliphatic heterocycles. The highest BCUT2D eigenvalue weighted by molar-refractivity contribution is 5.84. The third kappa shape index (κ3) is 3.61. The molecule has 1 amide bonds. The molecule has 3 N–H and O–H groups in total. The van der Waals surface area contributed by atoms with Crippen LogP contribution in [-0.2, 0) is 11.3 Å². The fraction of sp³-hybridized carbons (Fsp3) is 0.750. The zero-order valence-corrected chi connectivity index (χ0v) is 13.6. The third-order valence-electron chi connectivity index (χ3n) is 4.64. The molecule has 1 aromatic heterocycles. The fourth-order valence-corrected chi connectivity index (χ4v) is 3.69. The SMILES string of the molecule is CC(C)(C)OC(=O)Nc1[nH]ncc1CNC1CC2CCC1C2. The van der Waals surface area contributed by atoms with Gasteiger partial charge in [-0.15, -0.1) is 0 Å². The number of nitrogens with zero attached hydrogens (tertiary/aromatic N) is 1. The molecule has 0 saturated heterocycles. The first kappa shape index (κ1) is 15.3. The first-order valence-corrected chi connectivity index (χ1v) is 8.16. The van der Waals surface area contributed by atoms with Gasteiger partial charge in [-0.2, -0.15) is 5.10 Å². The topological polar surface area (TPSA) is 79.0 Å². The molecule has 3 rings (SSSR count). The molecule has 0 aromatic carbocycles. The lowest BCUT2D eigenvalue weighted by Crippen LogP contribution is -2.33. The molecule has 122 valence electrons. The summed E-state index contributed by atoms with van der Waals surface area (Å²) in [6.07, 6.45) is 6.73. The van der Waals surface area contributed by atoms with Gasteiger partial charge in [0.1, 0.15) is 11.4 Å². The van der Waals surface area contributed by atoms with Crippen LogP contribution in [0.5, 0.6) is 0 Å². The van der Waals surface area contributed by atoms with Crippen LogP contribution in [0.4, 0.5) is 10.6 Å². The quantitative estimate of drug-likeness (QED) is 0.799. The van der Waals surface area contributed by atoms with Crippen LogP contribution in [0.25, 0.3) is 0 Å². The maximum absolute atomic E-state index is 11.8. The summed E-state index contributed by atoms with van der Waals surface area (Å²) in [5.74, 6) is 2.37. The van der Waals surface area contributed by atoms with E-state index in [0.717, 1.165) is 23.9 Å². The summed E-state index contributed by atoms with van der Waals surface area (Å²) >= 11 is 0. The lowest BCUT2D eigenvalue weighted by Gasteiger charge is -2.23. The van der Waals surface area contributed by atoms with E-state index in [1.165, 1.54) is 25.7 Å². The summed E-state index contributed by atoms with van der Waals surface area (Å²) in [6, 6.07) is 0.614. The summed E-state index contributed by atoms with van der Waals surface area (Å²) in [5.41, 5.74) is 0.458.